The van der Waals surface area contributed by atoms with Crippen LogP contribution in [0.5, 0.6) is 0 Å². The molecule has 1 saturated heterocycles. The van der Waals surface area contributed by atoms with Crippen molar-refractivity contribution in [2.75, 3.05) is 26.7 Å². The van der Waals surface area contributed by atoms with Crippen LogP contribution in [-0.2, 0) is 4.74 Å². The number of methoxy groups -OCH3 is 1. The predicted molar refractivity (Wildman–Crippen MR) is 67.5 cm³/mol. The Kier molecular flexibility index (Phi) is 4.59. The number of piperidine rings is 1. The maximum absolute atomic E-state index is 5.99. The number of guanidine groups is 1. The molecule has 16 heavy (non-hydrogen) atoms. The minimum absolute atomic E-state index is 0.0732. The molecule has 1 aliphatic rings. The van der Waals surface area contributed by atoms with Gasteiger partial charge in [-0.2, -0.15) is 0 Å². The molecule has 0 aromatic rings. The molecule has 1 atom stereocenters. The molecule has 1 heterocycles. The normalized spacial score (nSPS) is 27.6. The average Bonchev–Trinajstić information content (AvgIpc) is 2.26. The molecule has 94 valence electrons. The molecule has 0 amide bonds. The van der Waals surface area contributed by atoms with E-state index in [0.717, 1.165) is 32.5 Å². The van der Waals surface area contributed by atoms with Gasteiger partial charge in [-0.25, -0.2) is 0 Å². The van der Waals surface area contributed by atoms with E-state index in [9.17, 15) is 0 Å². The molecule has 1 fully saturated rings. The Morgan fingerprint density at radius 1 is 1.56 bits per heavy atom. The van der Waals surface area contributed by atoms with E-state index < -0.39 is 0 Å². The van der Waals surface area contributed by atoms with Gasteiger partial charge in [0.15, 0.2) is 5.96 Å². The topological polar surface area (TPSA) is 50.9 Å². The van der Waals surface area contributed by atoms with Crippen molar-refractivity contribution < 1.29 is 4.74 Å². The Bertz CT molecular complexity index is 253. The van der Waals surface area contributed by atoms with Gasteiger partial charge in [0.25, 0.3) is 0 Å². The molecule has 0 spiro atoms. The monoisotopic (exact) mass is 227 g/mol. The van der Waals surface area contributed by atoms with E-state index in [0.29, 0.717) is 11.9 Å². The molecule has 0 saturated carbocycles. The fraction of sp³-hybridized carbons (Fsp3) is 0.917. The first-order valence-corrected chi connectivity index (χ1v) is 6.07. The van der Waals surface area contributed by atoms with Crippen LogP contribution in [0, 0.1) is 5.92 Å². The second-order valence-corrected chi connectivity index (χ2v) is 5.27. The average molecular weight is 227 g/mol. The molecule has 0 aliphatic carbocycles. The van der Waals surface area contributed by atoms with Gasteiger partial charge in [-0.1, -0.05) is 13.8 Å². The first-order valence-electron chi connectivity index (χ1n) is 6.07. The minimum atomic E-state index is -0.0732. The van der Waals surface area contributed by atoms with Crippen LogP contribution in [0.4, 0.5) is 0 Å². The van der Waals surface area contributed by atoms with Crippen LogP contribution in [0.15, 0.2) is 4.99 Å². The molecule has 1 aliphatic heterocycles. The molecular weight excluding hydrogens is 202 g/mol. The maximum Gasteiger partial charge on any atom is 0.191 e. The Morgan fingerprint density at radius 3 is 2.81 bits per heavy atom. The first kappa shape index (κ1) is 13.3. The summed E-state index contributed by atoms with van der Waals surface area (Å²) in [5, 5.41) is 0. The molecular formula is C12H25N3O. The fourth-order valence-electron chi connectivity index (χ4n) is 1.94. The summed E-state index contributed by atoms with van der Waals surface area (Å²) < 4.78 is 5.53. The standard InChI is InChI=1S/C12H25N3O/c1-10(2)8-14-11(13)15-7-5-6-12(3,9-15)16-4/h10H,5-9H2,1-4H3,(H2,13,14). The smallest absolute Gasteiger partial charge is 0.191 e. The highest BCUT2D eigenvalue weighted by atomic mass is 16.5. The number of nitrogens with two attached hydrogens (primary N) is 1. The number of hydrogen-bond acceptors (Lipinski definition) is 2. The summed E-state index contributed by atoms with van der Waals surface area (Å²) in [6.07, 6.45) is 2.21. The van der Waals surface area contributed by atoms with Crippen LogP contribution in [0.1, 0.15) is 33.6 Å². The molecule has 4 nitrogen and oxygen atoms in total. The summed E-state index contributed by atoms with van der Waals surface area (Å²) in [6.45, 7) is 9.06. The summed E-state index contributed by atoms with van der Waals surface area (Å²) in [5.74, 6) is 1.22. The molecule has 1 rings (SSSR count). The summed E-state index contributed by atoms with van der Waals surface area (Å²) in [7, 11) is 1.77. The highest BCUT2D eigenvalue weighted by molar-refractivity contribution is 5.78. The third-order valence-electron chi connectivity index (χ3n) is 3.09. The summed E-state index contributed by atoms with van der Waals surface area (Å²) in [6, 6.07) is 0. The van der Waals surface area contributed by atoms with E-state index in [1.807, 2.05) is 0 Å². The van der Waals surface area contributed by atoms with Gasteiger partial charge < -0.3 is 15.4 Å². The zero-order chi connectivity index (χ0) is 12.2. The van der Waals surface area contributed by atoms with Gasteiger partial charge in [-0.15, -0.1) is 0 Å². The van der Waals surface area contributed by atoms with E-state index in [2.05, 4.69) is 30.7 Å². The largest absolute Gasteiger partial charge is 0.377 e. The van der Waals surface area contributed by atoms with Crippen molar-refractivity contribution in [2.45, 2.75) is 39.2 Å². The van der Waals surface area contributed by atoms with Crippen LogP contribution in [0.3, 0.4) is 0 Å². The number of hydrogen-bond donors (Lipinski definition) is 1. The van der Waals surface area contributed by atoms with Gasteiger partial charge in [-0.05, 0) is 25.7 Å². The minimum Gasteiger partial charge on any atom is -0.377 e. The number of rotatable bonds is 3. The van der Waals surface area contributed by atoms with Crippen molar-refractivity contribution in [3.63, 3.8) is 0 Å². The zero-order valence-corrected chi connectivity index (χ0v) is 11.0. The molecule has 2 N–H and O–H groups in total. The number of nitrogens with zero attached hydrogens (tertiary/aromatic N) is 2. The third kappa shape index (κ3) is 3.67. The van der Waals surface area contributed by atoms with E-state index >= 15 is 0 Å². The van der Waals surface area contributed by atoms with Crippen molar-refractivity contribution in [2.24, 2.45) is 16.6 Å². The van der Waals surface area contributed by atoms with Crippen molar-refractivity contribution in [1.82, 2.24) is 4.90 Å². The third-order valence-corrected chi connectivity index (χ3v) is 3.09. The highest BCUT2D eigenvalue weighted by Gasteiger charge is 2.31. The van der Waals surface area contributed by atoms with Gasteiger partial charge in [0.05, 0.1) is 5.60 Å². The number of aliphatic imine (C=N–C) groups is 1. The van der Waals surface area contributed by atoms with Crippen molar-refractivity contribution in [3.8, 4) is 0 Å². The quantitative estimate of drug-likeness (QED) is 0.586. The fourth-order valence-corrected chi connectivity index (χ4v) is 1.94. The van der Waals surface area contributed by atoms with Crippen LogP contribution in [0.25, 0.3) is 0 Å². The lowest BCUT2D eigenvalue weighted by Crippen LogP contribution is -2.52. The van der Waals surface area contributed by atoms with Crippen LogP contribution in [0.2, 0.25) is 0 Å². The van der Waals surface area contributed by atoms with Crippen LogP contribution in [-0.4, -0.2) is 43.2 Å². The van der Waals surface area contributed by atoms with E-state index in [1.54, 1.807) is 7.11 Å². The number of likely N-dealkylation sites (tertiary alicyclic amines) is 1. The lowest BCUT2D eigenvalue weighted by Gasteiger charge is -2.40. The van der Waals surface area contributed by atoms with Gasteiger partial charge in [-0.3, -0.25) is 4.99 Å². The molecule has 0 aromatic carbocycles. The predicted octanol–water partition coefficient (Wildman–Crippen LogP) is 1.46. The van der Waals surface area contributed by atoms with Gasteiger partial charge in [0.1, 0.15) is 0 Å². The van der Waals surface area contributed by atoms with Crippen LogP contribution < -0.4 is 5.73 Å². The maximum atomic E-state index is 5.99. The molecule has 0 bridgehead atoms. The summed E-state index contributed by atoms with van der Waals surface area (Å²) in [4.78, 5) is 6.55. The Balaban J connectivity index is 2.56. The van der Waals surface area contributed by atoms with E-state index in [1.165, 1.54) is 0 Å². The second kappa shape index (κ2) is 5.53. The van der Waals surface area contributed by atoms with Crippen molar-refractivity contribution >= 4 is 5.96 Å². The number of ether oxygens (including phenoxy) is 1. The Labute approximate surface area is 98.9 Å². The molecule has 4 heteroatoms. The highest BCUT2D eigenvalue weighted by Crippen LogP contribution is 2.23. The Morgan fingerprint density at radius 2 is 2.25 bits per heavy atom. The molecule has 0 radical (unpaired) electrons. The first-order chi connectivity index (χ1) is 7.47. The van der Waals surface area contributed by atoms with Gasteiger partial charge in [0.2, 0.25) is 0 Å². The van der Waals surface area contributed by atoms with Gasteiger partial charge in [0, 0.05) is 26.7 Å². The van der Waals surface area contributed by atoms with Crippen molar-refractivity contribution in [3.05, 3.63) is 0 Å². The van der Waals surface area contributed by atoms with E-state index in [4.69, 9.17) is 10.5 Å². The molecule has 1 unspecified atom stereocenters. The summed E-state index contributed by atoms with van der Waals surface area (Å²) >= 11 is 0. The SMILES string of the molecule is COC1(C)CCCN(C(N)=NCC(C)C)C1. The summed E-state index contributed by atoms with van der Waals surface area (Å²) in [5.41, 5.74) is 5.92. The molecule has 0 aromatic heterocycles. The van der Waals surface area contributed by atoms with Gasteiger partial charge >= 0.3 is 0 Å². The lowest BCUT2D eigenvalue weighted by atomic mass is 9.95. The van der Waals surface area contributed by atoms with Crippen LogP contribution >= 0.6 is 0 Å². The zero-order valence-electron chi connectivity index (χ0n) is 11.0. The van der Waals surface area contributed by atoms with E-state index in [-0.39, 0.29) is 5.60 Å². The Hall–Kier alpha value is -0.770. The second-order valence-electron chi connectivity index (χ2n) is 5.27. The van der Waals surface area contributed by atoms with Crippen molar-refractivity contribution in [1.29, 1.82) is 0 Å². The lowest BCUT2D eigenvalue weighted by molar-refractivity contribution is -0.0351.